The third-order valence-electron chi connectivity index (χ3n) is 2.98. The van der Waals surface area contributed by atoms with Crippen molar-refractivity contribution in [1.29, 1.82) is 0 Å². The summed E-state index contributed by atoms with van der Waals surface area (Å²) in [6.45, 7) is 1.18. The molecule has 2 N–H and O–H groups in total. The van der Waals surface area contributed by atoms with Gasteiger partial charge >= 0.3 is 0 Å². The molecule has 0 amide bonds. The van der Waals surface area contributed by atoms with Crippen LogP contribution < -0.4 is 10.6 Å². The molecule has 0 heterocycles. The lowest BCUT2D eigenvalue weighted by Gasteiger charge is -2.13. The minimum atomic E-state index is -0.248. The van der Waals surface area contributed by atoms with Crippen molar-refractivity contribution in [3.05, 3.63) is 69.9 Å². The standard InChI is InChI=1S/C16H17BrFN3/c1-19-16(20-10-12-5-3-2-4-6-12)21-11-13-9-14(18)7-8-15(13)17/h2-9H,10-11H2,1H3,(H2,19,20,21). The van der Waals surface area contributed by atoms with Gasteiger partial charge < -0.3 is 10.6 Å². The quantitative estimate of drug-likeness (QED) is 0.655. The average molecular weight is 350 g/mol. The van der Waals surface area contributed by atoms with Gasteiger partial charge in [0.15, 0.2) is 5.96 Å². The molecule has 2 aromatic rings. The van der Waals surface area contributed by atoms with Crippen molar-refractivity contribution in [2.75, 3.05) is 7.05 Å². The summed E-state index contributed by atoms with van der Waals surface area (Å²) in [6.07, 6.45) is 0. The molecule has 0 fully saturated rings. The van der Waals surface area contributed by atoms with Crippen LogP contribution in [0, 0.1) is 5.82 Å². The number of hydrogen-bond acceptors (Lipinski definition) is 1. The van der Waals surface area contributed by atoms with Crippen LogP contribution in [0.4, 0.5) is 4.39 Å². The van der Waals surface area contributed by atoms with Crippen molar-refractivity contribution in [3.63, 3.8) is 0 Å². The zero-order valence-electron chi connectivity index (χ0n) is 11.7. The number of rotatable bonds is 4. The average Bonchev–Trinajstić information content (AvgIpc) is 2.51. The minimum Gasteiger partial charge on any atom is -0.352 e. The Hall–Kier alpha value is -1.88. The Balaban J connectivity index is 1.90. The van der Waals surface area contributed by atoms with Gasteiger partial charge in [-0.25, -0.2) is 4.39 Å². The molecule has 0 spiro atoms. The molecule has 21 heavy (non-hydrogen) atoms. The Morgan fingerprint density at radius 1 is 1.10 bits per heavy atom. The molecule has 0 aliphatic carbocycles. The number of nitrogens with one attached hydrogen (secondary N) is 2. The highest BCUT2D eigenvalue weighted by molar-refractivity contribution is 9.10. The van der Waals surface area contributed by atoms with E-state index in [0.29, 0.717) is 19.0 Å². The maximum atomic E-state index is 13.2. The fourth-order valence-electron chi connectivity index (χ4n) is 1.86. The molecular weight excluding hydrogens is 333 g/mol. The highest BCUT2D eigenvalue weighted by Gasteiger charge is 2.03. The van der Waals surface area contributed by atoms with Crippen LogP contribution in [-0.2, 0) is 13.1 Å². The molecule has 2 rings (SSSR count). The molecule has 0 aliphatic rings. The van der Waals surface area contributed by atoms with E-state index in [1.54, 1.807) is 13.1 Å². The lowest BCUT2D eigenvalue weighted by Crippen LogP contribution is -2.36. The van der Waals surface area contributed by atoms with Gasteiger partial charge in [-0.3, -0.25) is 4.99 Å². The monoisotopic (exact) mass is 349 g/mol. The SMILES string of the molecule is CN=C(NCc1ccccc1)NCc1cc(F)ccc1Br. The molecule has 0 saturated heterocycles. The number of hydrogen-bond donors (Lipinski definition) is 2. The second-order valence-electron chi connectivity index (χ2n) is 4.50. The van der Waals surface area contributed by atoms with Crippen LogP contribution in [-0.4, -0.2) is 13.0 Å². The molecule has 0 aliphatic heterocycles. The Bertz CT molecular complexity index is 614. The molecular formula is C16H17BrFN3. The van der Waals surface area contributed by atoms with E-state index in [9.17, 15) is 4.39 Å². The summed E-state index contributed by atoms with van der Waals surface area (Å²) in [6, 6.07) is 14.7. The van der Waals surface area contributed by atoms with Gasteiger partial charge in [0.05, 0.1) is 0 Å². The zero-order valence-corrected chi connectivity index (χ0v) is 13.3. The summed E-state index contributed by atoms with van der Waals surface area (Å²) < 4.78 is 14.1. The fourth-order valence-corrected chi connectivity index (χ4v) is 2.25. The van der Waals surface area contributed by atoms with Crippen molar-refractivity contribution in [1.82, 2.24) is 10.6 Å². The van der Waals surface area contributed by atoms with Gasteiger partial charge in [-0.15, -0.1) is 0 Å². The Morgan fingerprint density at radius 3 is 2.52 bits per heavy atom. The fraction of sp³-hybridized carbons (Fsp3) is 0.188. The van der Waals surface area contributed by atoms with Gasteiger partial charge in [0.25, 0.3) is 0 Å². The number of nitrogens with zero attached hydrogens (tertiary/aromatic N) is 1. The minimum absolute atomic E-state index is 0.248. The van der Waals surface area contributed by atoms with Crippen molar-refractivity contribution in [2.45, 2.75) is 13.1 Å². The molecule has 0 bridgehead atoms. The predicted octanol–water partition coefficient (Wildman–Crippen LogP) is 3.45. The first kappa shape index (κ1) is 15.5. The number of guanidine groups is 1. The smallest absolute Gasteiger partial charge is 0.191 e. The van der Waals surface area contributed by atoms with Gasteiger partial charge in [0.2, 0.25) is 0 Å². The molecule has 0 atom stereocenters. The highest BCUT2D eigenvalue weighted by atomic mass is 79.9. The second kappa shape index (κ2) is 7.78. The summed E-state index contributed by atoms with van der Waals surface area (Å²) >= 11 is 3.41. The van der Waals surface area contributed by atoms with Crippen LogP contribution in [0.2, 0.25) is 0 Å². The maximum absolute atomic E-state index is 13.2. The van der Waals surface area contributed by atoms with E-state index in [1.165, 1.54) is 17.7 Å². The summed E-state index contributed by atoms with van der Waals surface area (Å²) in [5, 5.41) is 6.39. The van der Waals surface area contributed by atoms with Crippen LogP contribution in [0.1, 0.15) is 11.1 Å². The van der Waals surface area contributed by atoms with Crippen molar-refractivity contribution in [2.24, 2.45) is 4.99 Å². The van der Waals surface area contributed by atoms with E-state index in [-0.39, 0.29) is 5.82 Å². The van der Waals surface area contributed by atoms with E-state index >= 15 is 0 Å². The third-order valence-corrected chi connectivity index (χ3v) is 3.75. The van der Waals surface area contributed by atoms with Crippen LogP contribution >= 0.6 is 15.9 Å². The van der Waals surface area contributed by atoms with Crippen molar-refractivity contribution < 1.29 is 4.39 Å². The lowest BCUT2D eigenvalue weighted by molar-refractivity contribution is 0.624. The van der Waals surface area contributed by atoms with Gasteiger partial charge in [0.1, 0.15) is 5.82 Å². The lowest BCUT2D eigenvalue weighted by atomic mass is 10.2. The van der Waals surface area contributed by atoms with Gasteiger partial charge in [-0.05, 0) is 29.3 Å². The normalized spacial score (nSPS) is 11.3. The number of aliphatic imine (C=N–C) groups is 1. The summed E-state index contributed by atoms with van der Waals surface area (Å²) in [4.78, 5) is 4.16. The zero-order chi connectivity index (χ0) is 15.1. The van der Waals surface area contributed by atoms with Gasteiger partial charge in [0, 0.05) is 24.6 Å². The van der Waals surface area contributed by atoms with E-state index < -0.39 is 0 Å². The third kappa shape index (κ3) is 4.86. The molecule has 0 unspecified atom stereocenters. The molecule has 0 aromatic heterocycles. The first-order valence-corrected chi connectivity index (χ1v) is 7.40. The number of halogens is 2. The maximum Gasteiger partial charge on any atom is 0.191 e. The molecule has 3 nitrogen and oxygen atoms in total. The van der Waals surface area contributed by atoms with Crippen LogP contribution in [0.3, 0.4) is 0 Å². The Kier molecular flexibility index (Phi) is 5.75. The van der Waals surface area contributed by atoms with E-state index in [4.69, 9.17) is 0 Å². The molecule has 110 valence electrons. The van der Waals surface area contributed by atoms with Crippen molar-refractivity contribution in [3.8, 4) is 0 Å². The molecule has 0 saturated carbocycles. The predicted molar refractivity (Wildman–Crippen MR) is 87.6 cm³/mol. The first-order chi connectivity index (χ1) is 10.2. The van der Waals surface area contributed by atoms with E-state index in [0.717, 1.165) is 10.0 Å². The van der Waals surface area contributed by atoms with Crippen LogP contribution in [0.15, 0.2) is 58.0 Å². The van der Waals surface area contributed by atoms with Crippen LogP contribution in [0.5, 0.6) is 0 Å². The van der Waals surface area contributed by atoms with Gasteiger partial charge in [-0.2, -0.15) is 0 Å². The second-order valence-corrected chi connectivity index (χ2v) is 5.35. The summed E-state index contributed by atoms with van der Waals surface area (Å²) in [7, 11) is 1.71. The first-order valence-electron chi connectivity index (χ1n) is 6.61. The summed E-state index contributed by atoms with van der Waals surface area (Å²) in [5.41, 5.74) is 2.02. The van der Waals surface area contributed by atoms with Crippen molar-refractivity contribution >= 4 is 21.9 Å². The Labute approximate surface area is 132 Å². The topological polar surface area (TPSA) is 36.4 Å². The molecule has 2 aromatic carbocycles. The van der Waals surface area contributed by atoms with Gasteiger partial charge in [-0.1, -0.05) is 46.3 Å². The highest BCUT2D eigenvalue weighted by Crippen LogP contribution is 2.17. The largest absolute Gasteiger partial charge is 0.352 e. The molecule has 0 radical (unpaired) electrons. The summed E-state index contributed by atoms with van der Waals surface area (Å²) in [5.74, 6) is 0.428. The van der Waals surface area contributed by atoms with Crippen LogP contribution in [0.25, 0.3) is 0 Å². The molecule has 5 heteroatoms. The van der Waals surface area contributed by atoms with E-state index in [2.05, 4.69) is 31.6 Å². The van der Waals surface area contributed by atoms with E-state index in [1.807, 2.05) is 30.3 Å². The number of benzene rings is 2. The Morgan fingerprint density at radius 2 is 1.81 bits per heavy atom.